The number of alkyl halides is 1. The lowest BCUT2D eigenvalue weighted by molar-refractivity contribution is 0.0125. The van der Waals surface area contributed by atoms with Crippen molar-refractivity contribution in [1.82, 2.24) is 14.8 Å². The first-order chi connectivity index (χ1) is 19.5. The van der Waals surface area contributed by atoms with Gasteiger partial charge in [0.2, 0.25) is 0 Å². The largest absolute Gasteiger partial charge is 0.444 e. The van der Waals surface area contributed by atoms with Gasteiger partial charge in [0.15, 0.2) is 0 Å². The van der Waals surface area contributed by atoms with Gasteiger partial charge in [-0.05, 0) is 63.6 Å². The summed E-state index contributed by atoms with van der Waals surface area (Å²) in [5, 5.41) is 3.17. The fraction of sp³-hybridized carbons (Fsp3) is 0.581. The van der Waals surface area contributed by atoms with E-state index in [0.717, 1.165) is 50.2 Å². The minimum absolute atomic E-state index is 0.0891. The first-order valence-corrected chi connectivity index (χ1v) is 14.5. The fourth-order valence-corrected chi connectivity index (χ4v) is 5.36. The van der Waals surface area contributed by atoms with E-state index in [1.807, 2.05) is 0 Å². The van der Waals surface area contributed by atoms with Gasteiger partial charge in [0.1, 0.15) is 11.8 Å². The maximum atomic E-state index is 15.2. The van der Waals surface area contributed by atoms with Gasteiger partial charge < -0.3 is 30.3 Å². The number of carbonyl (C=O) groups is 2. The lowest BCUT2D eigenvalue weighted by atomic mass is 10.0. The van der Waals surface area contributed by atoms with Gasteiger partial charge in [-0.2, -0.15) is 0 Å². The van der Waals surface area contributed by atoms with Crippen molar-refractivity contribution >= 4 is 17.7 Å². The molecule has 1 aromatic heterocycles. The molecule has 1 aromatic carbocycles. The molecule has 0 unspecified atom stereocenters. The normalized spacial score (nSPS) is 20.6. The predicted molar refractivity (Wildman–Crippen MR) is 157 cm³/mol. The Hall–Kier alpha value is -3.24. The molecular formula is C31H44FN5O4. The number of aromatic nitrogens is 1. The molecule has 3 N–H and O–H groups in total. The van der Waals surface area contributed by atoms with Crippen LogP contribution in [-0.2, 0) is 22.3 Å². The minimum Gasteiger partial charge on any atom is -0.444 e. The van der Waals surface area contributed by atoms with Crippen LogP contribution < -0.4 is 11.1 Å². The predicted octanol–water partition coefficient (Wildman–Crippen LogP) is 4.18. The van der Waals surface area contributed by atoms with Crippen LogP contribution in [0.2, 0.25) is 0 Å². The first kappa shape index (κ1) is 30.7. The van der Waals surface area contributed by atoms with Crippen LogP contribution in [-0.4, -0.2) is 90.5 Å². The number of hydrogen-bond donors (Lipinski definition) is 2. The Bertz CT molecular complexity index is 1180. The van der Waals surface area contributed by atoms with E-state index in [-0.39, 0.29) is 12.1 Å². The summed E-state index contributed by atoms with van der Waals surface area (Å²) in [7, 11) is 1.79. The zero-order valence-electron chi connectivity index (χ0n) is 24.7. The molecule has 0 radical (unpaired) electrons. The highest BCUT2D eigenvalue weighted by atomic mass is 19.1. The number of methoxy groups -OCH3 is 1. The number of nitrogens with one attached hydrogen (secondary N) is 1. The third-order valence-corrected chi connectivity index (χ3v) is 7.75. The standard InChI is InChI=1S/C31H44FN5O4/c1-31(2,3)41-30(39)37-16-12-27(26(32)20-37)35-28-18-23(34-19-25(28)29(33)38)17-22-7-5-21(6-8-22)9-13-36-14-10-24(40-4)11-15-36/h5-8,18-19,24,26-27H,9-17,20H2,1-4H3,(H2,33,38)(H,34,35)/t26-,27+/m0/s1. The SMILES string of the molecule is COC1CCN(CCc2ccc(Cc3cc(N[C@@H]4CCN(C(=O)OC(C)(C)C)C[C@@H]4F)c(C(N)=O)cn3)cc2)CC1. The molecular weight excluding hydrogens is 525 g/mol. The number of nitrogens with zero attached hydrogens (tertiary/aromatic N) is 3. The highest BCUT2D eigenvalue weighted by Gasteiger charge is 2.34. The lowest BCUT2D eigenvalue weighted by Crippen LogP contribution is -2.51. The molecule has 0 spiro atoms. The molecule has 10 heteroatoms. The van der Waals surface area contributed by atoms with Crippen LogP contribution >= 0.6 is 0 Å². The van der Waals surface area contributed by atoms with E-state index in [9.17, 15) is 9.59 Å². The van der Waals surface area contributed by atoms with E-state index < -0.39 is 29.8 Å². The van der Waals surface area contributed by atoms with Crippen molar-refractivity contribution in [1.29, 1.82) is 0 Å². The number of amides is 2. The zero-order valence-corrected chi connectivity index (χ0v) is 24.7. The number of carbonyl (C=O) groups excluding carboxylic acids is 2. The maximum absolute atomic E-state index is 15.2. The van der Waals surface area contributed by atoms with Gasteiger partial charge in [0, 0.05) is 51.6 Å². The Balaban J connectivity index is 1.34. The molecule has 2 saturated heterocycles. The fourth-order valence-electron chi connectivity index (χ4n) is 5.36. The van der Waals surface area contributed by atoms with Crippen molar-refractivity contribution in [3.8, 4) is 0 Å². The summed E-state index contributed by atoms with van der Waals surface area (Å²) in [4.78, 5) is 32.8. The molecule has 2 aliphatic heterocycles. The number of primary amides is 1. The molecule has 2 fully saturated rings. The molecule has 224 valence electrons. The number of ether oxygens (including phenoxy) is 2. The van der Waals surface area contributed by atoms with Crippen molar-refractivity contribution in [2.24, 2.45) is 5.73 Å². The second kappa shape index (κ2) is 13.6. The maximum Gasteiger partial charge on any atom is 0.410 e. The molecule has 0 aliphatic carbocycles. The molecule has 2 aromatic rings. The molecule has 41 heavy (non-hydrogen) atoms. The minimum atomic E-state index is -1.34. The van der Waals surface area contributed by atoms with Crippen molar-refractivity contribution in [3.63, 3.8) is 0 Å². The molecule has 0 saturated carbocycles. The van der Waals surface area contributed by atoms with Crippen LogP contribution in [0.4, 0.5) is 14.9 Å². The smallest absolute Gasteiger partial charge is 0.410 e. The summed E-state index contributed by atoms with van der Waals surface area (Å²) in [6.07, 6.45) is 4.07. The number of halogens is 1. The zero-order chi connectivity index (χ0) is 29.6. The monoisotopic (exact) mass is 569 g/mol. The van der Waals surface area contributed by atoms with Crippen LogP contribution in [0.15, 0.2) is 36.5 Å². The quantitative estimate of drug-likeness (QED) is 0.466. The molecule has 9 nitrogen and oxygen atoms in total. The number of rotatable bonds is 9. The highest BCUT2D eigenvalue weighted by Crippen LogP contribution is 2.25. The molecule has 4 rings (SSSR count). The molecule has 3 heterocycles. The van der Waals surface area contributed by atoms with Crippen LogP contribution in [0.1, 0.15) is 67.2 Å². The van der Waals surface area contributed by atoms with E-state index in [2.05, 4.69) is 39.5 Å². The second-order valence-corrected chi connectivity index (χ2v) is 12.1. The van der Waals surface area contributed by atoms with Gasteiger partial charge in [-0.25, -0.2) is 9.18 Å². The van der Waals surface area contributed by atoms with Gasteiger partial charge in [-0.1, -0.05) is 24.3 Å². The van der Waals surface area contributed by atoms with E-state index in [4.69, 9.17) is 15.2 Å². The van der Waals surface area contributed by atoms with Crippen molar-refractivity contribution in [3.05, 3.63) is 58.9 Å². The van der Waals surface area contributed by atoms with E-state index in [1.54, 1.807) is 33.9 Å². The van der Waals surface area contributed by atoms with E-state index >= 15 is 4.39 Å². The van der Waals surface area contributed by atoms with Gasteiger partial charge in [0.25, 0.3) is 5.91 Å². The Labute approximate surface area is 242 Å². The average Bonchev–Trinajstić information content (AvgIpc) is 2.93. The van der Waals surface area contributed by atoms with Gasteiger partial charge in [-0.3, -0.25) is 9.78 Å². The van der Waals surface area contributed by atoms with E-state index in [1.165, 1.54) is 16.7 Å². The Kier molecular flexibility index (Phi) is 10.2. The number of likely N-dealkylation sites (tertiary alicyclic amines) is 2. The second-order valence-electron chi connectivity index (χ2n) is 12.1. The molecule has 2 amide bonds. The summed E-state index contributed by atoms with van der Waals surface area (Å²) in [6, 6.07) is 9.70. The number of pyridine rings is 1. The summed E-state index contributed by atoms with van der Waals surface area (Å²) in [5.41, 5.74) is 8.73. The van der Waals surface area contributed by atoms with Crippen LogP contribution in [0, 0.1) is 0 Å². The lowest BCUT2D eigenvalue weighted by Gasteiger charge is -2.36. The van der Waals surface area contributed by atoms with Crippen LogP contribution in [0.5, 0.6) is 0 Å². The number of piperidine rings is 2. The Morgan fingerprint density at radius 3 is 2.39 bits per heavy atom. The topological polar surface area (TPSA) is 110 Å². The molecule has 2 aliphatic rings. The third kappa shape index (κ3) is 8.87. The van der Waals surface area contributed by atoms with Gasteiger partial charge in [-0.15, -0.1) is 0 Å². The van der Waals surface area contributed by atoms with Crippen LogP contribution in [0.25, 0.3) is 0 Å². The number of benzene rings is 1. The number of nitrogens with two attached hydrogens (primary N) is 1. The Morgan fingerprint density at radius 2 is 1.78 bits per heavy atom. The van der Waals surface area contributed by atoms with Crippen molar-refractivity contribution < 1.29 is 23.5 Å². The van der Waals surface area contributed by atoms with Gasteiger partial charge >= 0.3 is 6.09 Å². The first-order valence-electron chi connectivity index (χ1n) is 14.5. The van der Waals surface area contributed by atoms with Crippen molar-refractivity contribution in [2.45, 2.75) is 76.8 Å². The third-order valence-electron chi connectivity index (χ3n) is 7.75. The van der Waals surface area contributed by atoms with E-state index in [0.29, 0.717) is 31.2 Å². The Morgan fingerprint density at radius 1 is 1.10 bits per heavy atom. The molecule has 0 bridgehead atoms. The molecule has 2 atom stereocenters. The van der Waals surface area contributed by atoms with Crippen LogP contribution in [0.3, 0.4) is 0 Å². The number of hydrogen-bond acceptors (Lipinski definition) is 7. The summed E-state index contributed by atoms with van der Waals surface area (Å²) >= 11 is 0. The summed E-state index contributed by atoms with van der Waals surface area (Å²) in [6.45, 7) is 8.77. The summed E-state index contributed by atoms with van der Waals surface area (Å²) < 4.78 is 26.0. The number of anilines is 1. The highest BCUT2D eigenvalue weighted by molar-refractivity contribution is 5.98. The summed E-state index contributed by atoms with van der Waals surface area (Å²) in [5.74, 6) is -0.635. The van der Waals surface area contributed by atoms with Gasteiger partial charge in [0.05, 0.1) is 29.9 Å². The average molecular weight is 570 g/mol. The van der Waals surface area contributed by atoms with Crippen molar-refractivity contribution in [2.75, 3.05) is 45.2 Å².